The Morgan fingerprint density at radius 2 is 1.70 bits per heavy atom. The normalized spacial score (nSPS) is 14.5. The van der Waals surface area contributed by atoms with Crippen molar-refractivity contribution in [3.05, 3.63) is 34.3 Å². The summed E-state index contributed by atoms with van der Waals surface area (Å²) in [7, 11) is 0. The van der Waals surface area contributed by atoms with E-state index in [1.54, 1.807) is 28.0 Å². The highest BCUT2D eigenvalue weighted by Gasteiger charge is 2.22. The van der Waals surface area contributed by atoms with Crippen LogP contribution in [0.25, 0.3) is 0 Å². The molecule has 1 aliphatic heterocycles. The lowest BCUT2D eigenvalue weighted by molar-refractivity contribution is -0.138. The third-order valence-electron chi connectivity index (χ3n) is 3.82. The maximum atomic E-state index is 12.1. The summed E-state index contributed by atoms with van der Waals surface area (Å²) in [6, 6.07) is 7.15. The molecule has 0 atom stereocenters. The Morgan fingerprint density at radius 3 is 2.30 bits per heavy atom. The predicted octanol–water partition coefficient (Wildman–Crippen LogP) is 1.26. The molecule has 0 saturated carbocycles. The number of hydrogen-bond donors (Lipinski definition) is 1. The first kappa shape index (κ1) is 17.5. The average molecular weight is 382 g/mol. The third kappa shape index (κ3) is 4.79. The van der Waals surface area contributed by atoms with Gasteiger partial charge in [-0.05, 0) is 28.1 Å². The molecule has 1 aromatic carbocycles. The average Bonchev–Trinajstić information content (AvgIpc) is 2.55. The van der Waals surface area contributed by atoms with Crippen molar-refractivity contribution < 1.29 is 14.4 Å². The van der Waals surface area contributed by atoms with E-state index >= 15 is 0 Å². The molecule has 124 valence electrons. The minimum atomic E-state index is -0.202. The molecule has 1 heterocycles. The van der Waals surface area contributed by atoms with Gasteiger partial charge < -0.3 is 15.1 Å². The van der Waals surface area contributed by atoms with Crippen molar-refractivity contribution in [1.82, 2.24) is 15.1 Å². The van der Waals surface area contributed by atoms with Crippen LogP contribution in [-0.4, -0.2) is 60.2 Å². The molecule has 1 aliphatic rings. The van der Waals surface area contributed by atoms with Crippen molar-refractivity contribution in [3.63, 3.8) is 0 Å². The molecule has 1 aromatic rings. The Kier molecular flexibility index (Phi) is 6.15. The van der Waals surface area contributed by atoms with E-state index in [-0.39, 0.29) is 24.1 Å². The third-order valence-corrected chi connectivity index (χ3v) is 4.51. The molecule has 0 unspecified atom stereocenters. The number of nitrogens with one attached hydrogen (secondary N) is 1. The lowest BCUT2D eigenvalue weighted by Gasteiger charge is -2.34. The zero-order valence-electron chi connectivity index (χ0n) is 13.0. The summed E-state index contributed by atoms with van der Waals surface area (Å²) < 4.78 is 0.726. The van der Waals surface area contributed by atoms with Crippen LogP contribution in [0.1, 0.15) is 23.7 Å². The number of hydrogen-bond acceptors (Lipinski definition) is 3. The monoisotopic (exact) mass is 381 g/mol. The van der Waals surface area contributed by atoms with E-state index in [1.807, 2.05) is 6.07 Å². The summed E-state index contributed by atoms with van der Waals surface area (Å²) in [5.41, 5.74) is 0.551. The molecule has 23 heavy (non-hydrogen) atoms. The first-order valence-electron chi connectivity index (χ1n) is 7.55. The molecule has 3 amide bonds. The first-order chi connectivity index (χ1) is 11.0. The van der Waals surface area contributed by atoms with Gasteiger partial charge in [-0.25, -0.2) is 0 Å². The van der Waals surface area contributed by atoms with Crippen molar-refractivity contribution >= 4 is 33.7 Å². The zero-order chi connectivity index (χ0) is 16.8. The number of rotatable bonds is 4. The molecule has 0 aliphatic carbocycles. The smallest absolute Gasteiger partial charge is 0.252 e. The van der Waals surface area contributed by atoms with Crippen LogP contribution in [0.2, 0.25) is 0 Å². The van der Waals surface area contributed by atoms with E-state index in [0.29, 0.717) is 38.3 Å². The number of halogens is 1. The van der Waals surface area contributed by atoms with Crippen molar-refractivity contribution in [2.24, 2.45) is 0 Å². The lowest BCUT2D eigenvalue weighted by Crippen LogP contribution is -2.50. The van der Waals surface area contributed by atoms with Crippen LogP contribution in [0.5, 0.6) is 0 Å². The summed E-state index contributed by atoms with van der Waals surface area (Å²) in [5, 5.41) is 2.76. The van der Waals surface area contributed by atoms with Gasteiger partial charge in [0.1, 0.15) is 0 Å². The summed E-state index contributed by atoms with van der Waals surface area (Å²) in [4.78, 5) is 38.9. The molecule has 0 bridgehead atoms. The maximum Gasteiger partial charge on any atom is 0.252 e. The molecule has 7 heteroatoms. The largest absolute Gasteiger partial charge is 0.351 e. The highest BCUT2D eigenvalue weighted by atomic mass is 79.9. The molecule has 0 spiro atoms. The summed E-state index contributed by atoms with van der Waals surface area (Å²) in [5.74, 6) is -0.162. The molecule has 1 saturated heterocycles. The van der Waals surface area contributed by atoms with Gasteiger partial charge in [-0.1, -0.05) is 12.1 Å². The van der Waals surface area contributed by atoms with Gasteiger partial charge in [0.05, 0.1) is 5.56 Å². The van der Waals surface area contributed by atoms with Crippen molar-refractivity contribution in [2.45, 2.75) is 13.3 Å². The van der Waals surface area contributed by atoms with Gasteiger partial charge in [0.2, 0.25) is 11.8 Å². The van der Waals surface area contributed by atoms with Crippen LogP contribution < -0.4 is 5.32 Å². The van der Waals surface area contributed by atoms with Crippen LogP contribution in [0.15, 0.2) is 28.7 Å². The standard InChI is InChI=1S/C16H20BrN3O3/c1-12(21)19-8-10-20(11-9-19)15(22)6-7-18-16(23)13-4-2-3-5-14(13)17/h2-5H,6-11H2,1H3,(H,18,23). The minimum Gasteiger partial charge on any atom is -0.351 e. The second-order valence-corrected chi connectivity index (χ2v) is 6.23. The summed E-state index contributed by atoms with van der Waals surface area (Å²) >= 11 is 3.33. The second-order valence-electron chi connectivity index (χ2n) is 5.37. The molecule has 1 fully saturated rings. The number of carbonyl (C=O) groups is 3. The Hall–Kier alpha value is -1.89. The van der Waals surface area contributed by atoms with Gasteiger partial charge in [-0.3, -0.25) is 14.4 Å². The molecule has 0 aromatic heterocycles. The Morgan fingerprint density at radius 1 is 1.09 bits per heavy atom. The fraction of sp³-hybridized carbons (Fsp3) is 0.438. The SMILES string of the molecule is CC(=O)N1CCN(C(=O)CCNC(=O)c2ccccc2Br)CC1. The van der Waals surface area contributed by atoms with Crippen LogP contribution in [0.4, 0.5) is 0 Å². The highest BCUT2D eigenvalue weighted by Crippen LogP contribution is 2.15. The second kappa shape index (κ2) is 8.10. The van der Waals surface area contributed by atoms with E-state index in [0.717, 1.165) is 4.47 Å². The number of carbonyl (C=O) groups excluding carboxylic acids is 3. The van der Waals surface area contributed by atoms with Crippen LogP contribution >= 0.6 is 15.9 Å². The van der Waals surface area contributed by atoms with E-state index in [9.17, 15) is 14.4 Å². The number of amides is 3. The van der Waals surface area contributed by atoms with Crippen LogP contribution in [0.3, 0.4) is 0 Å². The van der Waals surface area contributed by atoms with Crippen molar-refractivity contribution in [3.8, 4) is 0 Å². The van der Waals surface area contributed by atoms with Gasteiger partial charge in [-0.2, -0.15) is 0 Å². The Bertz CT molecular complexity index is 598. The number of nitrogens with zero attached hydrogens (tertiary/aromatic N) is 2. The fourth-order valence-corrected chi connectivity index (χ4v) is 2.92. The van der Waals surface area contributed by atoms with Crippen molar-refractivity contribution in [1.29, 1.82) is 0 Å². The van der Waals surface area contributed by atoms with E-state index in [4.69, 9.17) is 0 Å². The molecular formula is C16H20BrN3O3. The molecular weight excluding hydrogens is 362 g/mol. The van der Waals surface area contributed by atoms with E-state index < -0.39 is 0 Å². The van der Waals surface area contributed by atoms with Gasteiger partial charge in [0.25, 0.3) is 5.91 Å². The summed E-state index contributed by atoms with van der Waals surface area (Å²) in [6.07, 6.45) is 0.260. The van der Waals surface area contributed by atoms with Gasteiger partial charge in [0, 0.05) is 50.5 Å². The number of piperazine rings is 1. The molecule has 1 N–H and O–H groups in total. The van der Waals surface area contributed by atoms with E-state index in [2.05, 4.69) is 21.2 Å². The topological polar surface area (TPSA) is 69.7 Å². The number of benzene rings is 1. The lowest BCUT2D eigenvalue weighted by atomic mass is 10.2. The van der Waals surface area contributed by atoms with Gasteiger partial charge in [-0.15, -0.1) is 0 Å². The van der Waals surface area contributed by atoms with E-state index in [1.165, 1.54) is 6.92 Å². The van der Waals surface area contributed by atoms with Crippen LogP contribution in [0, 0.1) is 0 Å². The fourth-order valence-electron chi connectivity index (χ4n) is 2.45. The predicted molar refractivity (Wildman–Crippen MR) is 89.9 cm³/mol. The molecule has 2 rings (SSSR count). The Balaban J connectivity index is 1.74. The molecule has 0 radical (unpaired) electrons. The highest BCUT2D eigenvalue weighted by molar-refractivity contribution is 9.10. The van der Waals surface area contributed by atoms with Gasteiger partial charge in [0.15, 0.2) is 0 Å². The van der Waals surface area contributed by atoms with Gasteiger partial charge >= 0.3 is 0 Å². The minimum absolute atomic E-state index is 0.000583. The quantitative estimate of drug-likeness (QED) is 0.853. The first-order valence-corrected chi connectivity index (χ1v) is 8.34. The summed E-state index contributed by atoms with van der Waals surface area (Å²) in [6.45, 7) is 4.09. The van der Waals surface area contributed by atoms with Crippen molar-refractivity contribution in [2.75, 3.05) is 32.7 Å². The maximum absolute atomic E-state index is 12.1. The molecule has 6 nitrogen and oxygen atoms in total. The Labute approximate surface area is 143 Å². The zero-order valence-corrected chi connectivity index (χ0v) is 14.6. The van der Waals surface area contributed by atoms with Crippen LogP contribution in [-0.2, 0) is 9.59 Å².